The molecule has 1 saturated heterocycles. The minimum Gasteiger partial charge on any atom is -0.497 e. The van der Waals surface area contributed by atoms with E-state index in [2.05, 4.69) is 22.1 Å². The Labute approximate surface area is 147 Å². The SMILES string of the molecule is COc1ccc(C[C@@H]2CN(C(=O)c3ccncn3)CC[C@H]2OC)cc1. The second-order valence-electron chi connectivity index (χ2n) is 6.22. The highest BCUT2D eigenvalue weighted by Crippen LogP contribution is 2.25. The third-order valence-electron chi connectivity index (χ3n) is 4.71. The molecule has 0 unspecified atom stereocenters. The number of aromatic nitrogens is 2. The highest BCUT2D eigenvalue weighted by Gasteiger charge is 2.32. The Balaban J connectivity index is 1.70. The lowest BCUT2D eigenvalue weighted by atomic mass is 9.88. The van der Waals surface area contributed by atoms with Crippen LogP contribution >= 0.6 is 0 Å². The lowest BCUT2D eigenvalue weighted by molar-refractivity contribution is -0.00317. The number of carbonyl (C=O) groups excluding carboxylic acids is 1. The molecule has 2 aromatic rings. The zero-order valence-electron chi connectivity index (χ0n) is 14.6. The first-order chi connectivity index (χ1) is 12.2. The summed E-state index contributed by atoms with van der Waals surface area (Å²) in [6.45, 7) is 1.34. The third kappa shape index (κ3) is 4.14. The standard InChI is InChI=1S/C19H23N3O3/c1-24-16-5-3-14(4-6-16)11-15-12-22(10-8-18(15)25-2)19(23)17-7-9-20-13-21-17/h3-7,9,13,15,18H,8,10-12H2,1-2H3/t15-,18-/m1/s1. The summed E-state index contributed by atoms with van der Waals surface area (Å²) < 4.78 is 10.9. The van der Waals surface area contributed by atoms with E-state index in [0.717, 1.165) is 18.6 Å². The monoisotopic (exact) mass is 341 g/mol. The molecule has 0 aliphatic carbocycles. The van der Waals surface area contributed by atoms with Gasteiger partial charge in [-0.2, -0.15) is 0 Å². The number of hydrogen-bond acceptors (Lipinski definition) is 5. The van der Waals surface area contributed by atoms with Gasteiger partial charge in [0.05, 0.1) is 13.2 Å². The first-order valence-electron chi connectivity index (χ1n) is 8.42. The van der Waals surface area contributed by atoms with Gasteiger partial charge in [-0.1, -0.05) is 12.1 Å². The van der Waals surface area contributed by atoms with Crippen molar-refractivity contribution in [2.45, 2.75) is 18.9 Å². The molecule has 2 atom stereocenters. The molecule has 1 aromatic heterocycles. The number of hydrogen-bond donors (Lipinski definition) is 0. The number of rotatable bonds is 5. The normalized spacial score (nSPS) is 20.3. The zero-order valence-corrected chi connectivity index (χ0v) is 14.6. The number of likely N-dealkylation sites (tertiary alicyclic amines) is 1. The van der Waals surface area contributed by atoms with E-state index in [0.29, 0.717) is 18.8 Å². The molecule has 6 nitrogen and oxygen atoms in total. The van der Waals surface area contributed by atoms with Crippen molar-refractivity contribution >= 4 is 5.91 Å². The van der Waals surface area contributed by atoms with Gasteiger partial charge in [0.1, 0.15) is 17.8 Å². The molecule has 0 spiro atoms. The van der Waals surface area contributed by atoms with Gasteiger partial charge >= 0.3 is 0 Å². The molecule has 132 valence electrons. The zero-order chi connectivity index (χ0) is 17.6. The topological polar surface area (TPSA) is 64.5 Å². The Morgan fingerprint density at radius 3 is 2.68 bits per heavy atom. The van der Waals surface area contributed by atoms with Gasteiger partial charge in [0.2, 0.25) is 0 Å². The molecule has 1 amide bonds. The molecule has 3 rings (SSSR count). The molecular formula is C19H23N3O3. The number of carbonyl (C=O) groups is 1. The van der Waals surface area contributed by atoms with Gasteiger partial charge in [0.25, 0.3) is 5.91 Å². The van der Waals surface area contributed by atoms with Crippen LogP contribution in [-0.2, 0) is 11.2 Å². The smallest absolute Gasteiger partial charge is 0.272 e. The maximum absolute atomic E-state index is 12.7. The Morgan fingerprint density at radius 2 is 2.04 bits per heavy atom. The van der Waals surface area contributed by atoms with Crippen molar-refractivity contribution in [1.82, 2.24) is 14.9 Å². The minimum atomic E-state index is -0.0447. The summed E-state index contributed by atoms with van der Waals surface area (Å²) in [5.41, 5.74) is 1.65. The van der Waals surface area contributed by atoms with Gasteiger partial charge in [-0.05, 0) is 36.6 Å². The molecule has 1 fully saturated rings. The fourth-order valence-corrected chi connectivity index (χ4v) is 3.35. The maximum Gasteiger partial charge on any atom is 0.272 e. The Morgan fingerprint density at radius 1 is 1.24 bits per heavy atom. The summed E-state index contributed by atoms with van der Waals surface area (Å²) in [6.07, 6.45) is 4.84. The average Bonchev–Trinajstić information content (AvgIpc) is 2.68. The second kappa shape index (κ2) is 8.07. The van der Waals surface area contributed by atoms with Gasteiger partial charge in [-0.15, -0.1) is 0 Å². The maximum atomic E-state index is 12.7. The third-order valence-corrected chi connectivity index (χ3v) is 4.71. The average molecular weight is 341 g/mol. The summed E-state index contributed by atoms with van der Waals surface area (Å²) in [6, 6.07) is 9.71. The van der Waals surface area contributed by atoms with Crippen molar-refractivity contribution < 1.29 is 14.3 Å². The van der Waals surface area contributed by atoms with Crippen molar-refractivity contribution in [3.8, 4) is 5.75 Å². The molecule has 25 heavy (non-hydrogen) atoms. The fraction of sp³-hybridized carbons (Fsp3) is 0.421. The highest BCUT2D eigenvalue weighted by molar-refractivity contribution is 5.92. The first-order valence-corrected chi connectivity index (χ1v) is 8.42. The Bertz CT molecular complexity index is 691. The minimum absolute atomic E-state index is 0.0447. The van der Waals surface area contributed by atoms with Crippen LogP contribution in [0.4, 0.5) is 0 Å². The van der Waals surface area contributed by atoms with Crippen molar-refractivity contribution in [3.63, 3.8) is 0 Å². The molecule has 0 radical (unpaired) electrons. The lowest BCUT2D eigenvalue weighted by Crippen LogP contribution is -2.47. The molecule has 1 aromatic carbocycles. The van der Waals surface area contributed by atoms with Crippen LogP contribution < -0.4 is 4.74 Å². The predicted octanol–water partition coefficient (Wildman–Crippen LogP) is 2.21. The number of methoxy groups -OCH3 is 2. The molecule has 0 bridgehead atoms. The first kappa shape index (κ1) is 17.4. The van der Waals surface area contributed by atoms with E-state index in [9.17, 15) is 4.79 Å². The van der Waals surface area contributed by atoms with E-state index in [1.165, 1.54) is 11.9 Å². The van der Waals surface area contributed by atoms with Crippen LogP contribution in [0.2, 0.25) is 0 Å². The van der Waals surface area contributed by atoms with Gasteiger partial charge < -0.3 is 14.4 Å². The Hall–Kier alpha value is -2.47. The largest absolute Gasteiger partial charge is 0.497 e. The van der Waals surface area contributed by atoms with Crippen LogP contribution in [0.3, 0.4) is 0 Å². The van der Waals surface area contributed by atoms with Gasteiger partial charge in [0, 0.05) is 32.3 Å². The molecule has 1 aliphatic heterocycles. The Kier molecular flexibility index (Phi) is 5.60. The van der Waals surface area contributed by atoms with Crippen LogP contribution in [-0.4, -0.2) is 54.2 Å². The molecule has 2 heterocycles. The molecular weight excluding hydrogens is 318 g/mol. The summed E-state index contributed by atoms with van der Waals surface area (Å²) in [7, 11) is 3.40. The van der Waals surface area contributed by atoms with Crippen LogP contribution in [0.5, 0.6) is 5.75 Å². The quantitative estimate of drug-likeness (QED) is 0.834. The highest BCUT2D eigenvalue weighted by atomic mass is 16.5. The number of benzene rings is 1. The van der Waals surface area contributed by atoms with Crippen molar-refractivity contribution in [3.05, 3.63) is 54.1 Å². The van der Waals surface area contributed by atoms with Crippen molar-refractivity contribution in [2.24, 2.45) is 5.92 Å². The molecule has 1 aliphatic rings. The summed E-state index contributed by atoms with van der Waals surface area (Å²) in [4.78, 5) is 22.5. The van der Waals surface area contributed by atoms with Crippen LogP contribution in [0.15, 0.2) is 42.9 Å². The van der Waals surface area contributed by atoms with E-state index in [-0.39, 0.29) is 17.9 Å². The van der Waals surface area contributed by atoms with E-state index in [1.54, 1.807) is 26.5 Å². The summed E-state index contributed by atoms with van der Waals surface area (Å²) in [5.74, 6) is 1.05. The van der Waals surface area contributed by atoms with Gasteiger partial charge in [-0.3, -0.25) is 4.79 Å². The van der Waals surface area contributed by atoms with Gasteiger partial charge in [0.15, 0.2) is 0 Å². The van der Waals surface area contributed by atoms with E-state index >= 15 is 0 Å². The van der Waals surface area contributed by atoms with E-state index in [1.807, 2.05) is 17.0 Å². The number of nitrogens with zero attached hydrogens (tertiary/aromatic N) is 3. The lowest BCUT2D eigenvalue weighted by Gasteiger charge is -2.38. The molecule has 0 N–H and O–H groups in total. The van der Waals surface area contributed by atoms with E-state index < -0.39 is 0 Å². The number of piperidine rings is 1. The van der Waals surface area contributed by atoms with Crippen molar-refractivity contribution in [2.75, 3.05) is 27.3 Å². The number of amides is 1. The predicted molar refractivity (Wildman–Crippen MR) is 93.5 cm³/mol. The van der Waals surface area contributed by atoms with Crippen LogP contribution in [0.1, 0.15) is 22.5 Å². The number of ether oxygens (including phenoxy) is 2. The summed E-state index contributed by atoms with van der Waals surface area (Å²) >= 11 is 0. The van der Waals surface area contributed by atoms with Crippen molar-refractivity contribution in [1.29, 1.82) is 0 Å². The summed E-state index contributed by atoms with van der Waals surface area (Å²) in [5, 5.41) is 0. The second-order valence-corrected chi connectivity index (χ2v) is 6.22. The van der Waals surface area contributed by atoms with Gasteiger partial charge in [-0.25, -0.2) is 9.97 Å². The molecule has 0 saturated carbocycles. The molecule has 6 heteroatoms. The van der Waals surface area contributed by atoms with E-state index in [4.69, 9.17) is 9.47 Å². The fourth-order valence-electron chi connectivity index (χ4n) is 3.35. The van der Waals surface area contributed by atoms with Crippen LogP contribution in [0.25, 0.3) is 0 Å². The van der Waals surface area contributed by atoms with Crippen LogP contribution in [0, 0.1) is 5.92 Å².